The molecule has 0 amide bonds. The predicted molar refractivity (Wildman–Crippen MR) is 153 cm³/mol. The number of ether oxygens (including phenoxy) is 2. The van der Waals surface area contributed by atoms with Crippen LogP contribution in [0.5, 0.6) is 5.75 Å². The first-order chi connectivity index (χ1) is 20.2. The number of para-hydroxylation sites is 1. The van der Waals surface area contributed by atoms with E-state index in [1.54, 1.807) is 18.3 Å². The molecule has 3 saturated carbocycles. The molecule has 6 atom stereocenters. The normalized spacial score (nSPS) is 32.0. The quantitative estimate of drug-likeness (QED) is 0.219. The molecule has 3 fully saturated rings. The van der Waals surface area contributed by atoms with E-state index in [9.17, 15) is 14.4 Å². The van der Waals surface area contributed by atoms with Gasteiger partial charge in [-0.25, -0.2) is 9.48 Å². The van der Waals surface area contributed by atoms with Gasteiger partial charge in [-0.2, -0.15) is 0 Å². The summed E-state index contributed by atoms with van der Waals surface area (Å²) in [6.07, 6.45) is 11.5. The van der Waals surface area contributed by atoms with Gasteiger partial charge in [0.1, 0.15) is 42.1 Å². The summed E-state index contributed by atoms with van der Waals surface area (Å²) in [7, 11) is 0. The van der Waals surface area contributed by atoms with Crippen LogP contribution in [0.2, 0.25) is 0 Å². The van der Waals surface area contributed by atoms with Gasteiger partial charge in [0.25, 0.3) is 0 Å². The largest absolute Gasteiger partial charge is 0.486 e. The third-order valence-electron chi connectivity index (χ3n) is 10.9. The number of aromatic nitrogens is 3. The van der Waals surface area contributed by atoms with Crippen molar-refractivity contribution in [2.24, 2.45) is 28.6 Å². The number of fused-ring (bicyclic) bond motifs is 6. The molecule has 1 aromatic carbocycles. The number of carbonyl (C=O) groups excluding carboxylic acids is 2. The van der Waals surface area contributed by atoms with E-state index in [1.165, 1.54) is 16.3 Å². The van der Waals surface area contributed by atoms with Gasteiger partial charge in [-0.15, -0.1) is 5.10 Å². The van der Waals surface area contributed by atoms with E-state index in [1.807, 2.05) is 12.1 Å². The van der Waals surface area contributed by atoms with E-state index in [0.717, 1.165) is 51.4 Å². The smallest absolute Gasteiger partial charge is 0.339 e. The molecule has 2 aromatic heterocycles. The van der Waals surface area contributed by atoms with Gasteiger partial charge < -0.3 is 13.9 Å². The maximum absolute atomic E-state index is 12.9. The van der Waals surface area contributed by atoms with Gasteiger partial charge >= 0.3 is 11.6 Å². The second-order valence-corrected chi connectivity index (χ2v) is 13.2. The highest BCUT2D eigenvalue weighted by molar-refractivity contribution is 5.87. The topological polar surface area (TPSA) is 114 Å². The molecule has 0 unspecified atom stereocenters. The third kappa shape index (κ3) is 4.57. The van der Waals surface area contributed by atoms with Crippen LogP contribution >= 0.6 is 0 Å². The van der Waals surface area contributed by atoms with Crippen molar-refractivity contribution in [3.63, 3.8) is 0 Å². The number of benzene rings is 1. The zero-order chi connectivity index (χ0) is 29.1. The molecule has 0 spiro atoms. The molecule has 0 saturated heterocycles. The van der Waals surface area contributed by atoms with Gasteiger partial charge in [0.05, 0.1) is 17.6 Å². The Kier molecular flexibility index (Phi) is 6.59. The molecule has 7 rings (SSSR count). The maximum atomic E-state index is 12.9. The van der Waals surface area contributed by atoms with E-state index < -0.39 is 5.63 Å². The Morgan fingerprint density at radius 2 is 1.90 bits per heavy atom. The monoisotopic (exact) mass is 571 g/mol. The predicted octanol–water partition coefficient (Wildman–Crippen LogP) is 5.41. The second kappa shape index (κ2) is 10.2. The molecule has 42 heavy (non-hydrogen) atoms. The van der Waals surface area contributed by atoms with Gasteiger partial charge in [-0.1, -0.05) is 42.8 Å². The molecule has 9 nitrogen and oxygen atoms in total. The summed E-state index contributed by atoms with van der Waals surface area (Å²) < 4.78 is 18.4. The maximum Gasteiger partial charge on any atom is 0.339 e. The van der Waals surface area contributed by atoms with Crippen molar-refractivity contribution in [1.29, 1.82) is 0 Å². The minimum atomic E-state index is -0.492. The van der Waals surface area contributed by atoms with Gasteiger partial charge in [0, 0.05) is 18.3 Å². The average molecular weight is 572 g/mol. The van der Waals surface area contributed by atoms with Gasteiger partial charge in [-0.3, -0.25) is 9.59 Å². The summed E-state index contributed by atoms with van der Waals surface area (Å²) in [5.41, 5.74) is 1.94. The highest BCUT2D eigenvalue weighted by Gasteiger charge is 2.58. The minimum Gasteiger partial charge on any atom is -0.486 e. The van der Waals surface area contributed by atoms with Crippen molar-refractivity contribution in [3.8, 4) is 5.75 Å². The number of carbonyl (C=O) groups is 2. The van der Waals surface area contributed by atoms with E-state index in [0.29, 0.717) is 45.9 Å². The van der Waals surface area contributed by atoms with E-state index >= 15 is 0 Å². The first-order valence-corrected chi connectivity index (χ1v) is 15.2. The number of hydrogen-bond donors (Lipinski definition) is 0. The van der Waals surface area contributed by atoms with Gasteiger partial charge in [-0.05, 0) is 73.8 Å². The Morgan fingerprint density at radius 1 is 1.10 bits per heavy atom. The highest BCUT2D eigenvalue weighted by Crippen LogP contribution is 2.64. The van der Waals surface area contributed by atoms with Crippen LogP contribution in [0.1, 0.15) is 70.9 Å². The van der Waals surface area contributed by atoms with Gasteiger partial charge in [0.2, 0.25) is 0 Å². The van der Waals surface area contributed by atoms with Gasteiger partial charge in [0.15, 0.2) is 0 Å². The number of rotatable bonds is 6. The fourth-order valence-electron chi connectivity index (χ4n) is 8.69. The number of Topliss-reactive ketones (excluding diaryl/α,β-unsaturated/α-hetero) is 1. The van der Waals surface area contributed by atoms with Crippen LogP contribution in [0.25, 0.3) is 11.0 Å². The number of hydrogen-bond acceptors (Lipinski definition) is 8. The third-order valence-corrected chi connectivity index (χ3v) is 10.9. The fourth-order valence-corrected chi connectivity index (χ4v) is 8.69. The molecule has 4 aliphatic rings. The van der Waals surface area contributed by atoms with E-state index in [4.69, 9.17) is 13.9 Å². The zero-order valence-electron chi connectivity index (χ0n) is 24.2. The van der Waals surface area contributed by atoms with E-state index in [-0.39, 0.29) is 36.1 Å². The number of allylic oxidation sites excluding steroid dienone is 1. The van der Waals surface area contributed by atoms with Crippen LogP contribution in [0.3, 0.4) is 0 Å². The van der Waals surface area contributed by atoms with Crippen molar-refractivity contribution in [3.05, 3.63) is 64.3 Å². The molecule has 2 heterocycles. The lowest BCUT2D eigenvalue weighted by molar-refractivity contribution is -0.152. The molecule has 4 aliphatic carbocycles. The molecule has 0 N–H and O–H groups in total. The average Bonchev–Trinajstić information content (AvgIpc) is 3.54. The lowest BCUT2D eigenvalue weighted by atomic mass is 9.48. The SMILES string of the molecule is C[C@]12CC[C@H](OC(=O)Cn3cc(COc4cc(=O)oc5ccccc45)nn3)CC1=CC[C@@H]1[C@@H]2CC[C@]2(C)C(=O)CC[C@@H]12. The molecular formula is C33H37N3O6. The molecule has 9 heteroatoms. The molecule has 0 radical (unpaired) electrons. The van der Waals surface area contributed by atoms with Crippen molar-refractivity contribution < 1.29 is 23.5 Å². The van der Waals surface area contributed by atoms with Crippen molar-refractivity contribution in [2.45, 2.75) is 84.5 Å². The first-order valence-electron chi connectivity index (χ1n) is 15.2. The summed E-state index contributed by atoms with van der Waals surface area (Å²) in [5.74, 6) is 2.26. The summed E-state index contributed by atoms with van der Waals surface area (Å²) in [6.45, 7) is 4.69. The van der Waals surface area contributed by atoms with Crippen molar-refractivity contribution in [1.82, 2.24) is 15.0 Å². The first kappa shape index (κ1) is 27.1. The van der Waals surface area contributed by atoms with Crippen LogP contribution in [0, 0.1) is 28.6 Å². The van der Waals surface area contributed by atoms with Crippen LogP contribution in [0.15, 0.2) is 57.4 Å². The number of nitrogens with zero attached hydrogens (tertiary/aromatic N) is 3. The number of esters is 1. The van der Waals surface area contributed by atoms with Crippen molar-refractivity contribution in [2.75, 3.05) is 0 Å². The highest BCUT2D eigenvalue weighted by atomic mass is 16.5. The molecule has 220 valence electrons. The molecule has 3 aromatic rings. The summed E-state index contributed by atoms with van der Waals surface area (Å²) in [4.78, 5) is 37.5. The Labute approximate surface area is 244 Å². The zero-order valence-corrected chi connectivity index (χ0v) is 24.2. The Bertz CT molecular complexity index is 1640. The fraction of sp³-hybridized carbons (Fsp3) is 0.545. The lowest BCUT2D eigenvalue weighted by Gasteiger charge is -2.56. The summed E-state index contributed by atoms with van der Waals surface area (Å²) in [6, 6.07) is 8.47. The van der Waals surface area contributed by atoms with Crippen molar-refractivity contribution >= 4 is 22.7 Å². The second-order valence-electron chi connectivity index (χ2n) is 13.2. The van der Waals surface area contributed by atoms with Crippen LogP contribution in [0.4, 0.5) is 0 Å². The summed E-state index contributed by atoms with van der Waals surface area (Å²) in [5, 5.41) is 8.88. The van der Waals surface area contributed by atoms with Crippen LogP contribution in [-0.4, -0.2) is 32.9 Å². The molecular weight excluding hydrogens is 534 g/mol. The number of ketones is 1. The standard InChI is InChI=1S/C33H37N3O6/c1-32-13-11-22(15-20(32)7-8-23-25-9-10-29(37)33(25,2)14-12-26(23)32)41-31(39)18-36-17-21(34-35-36)19-40-28-16-30(38)42-27-6-4-3-5-24(27)28/h3-7,16-17,22-23,25-26H,8-15,18-19H2,1-2H3/t22-,23-,25-,26-,32-,33-/m0/s1. The van der Waals surface area contributed by atoms with Crippen LogP contribution < -0.4 is 10.4 Å². The lowest BCUT2D eigenvalue weighted by Crippen LogP contribution is -2.50. The molecule has 0 aliphatic heterocycles. The Hall–Kier alpha value is -3.75. The Balaban J connectivity index is 0.954. The van der Waals surface area contributed by atoms with E-state index in [2.05, 4.69) is 30.2 Å². The Morgan fingerprint density at radius 3 is 2.79 bits per heavy atom. The minimum absolute atomic E-state index is 0.0311. The summed E-state index contributed by atoms with van der Waals surface area (Å²) >= 11 is 0. The molecule has 0 bridgehead atoms. The van der Waals surface area contributed by atoms with Crippen LogP contribution in [-0.2, 0) is 27.5 Å².